The van der Waals surface area contributed by atoms with E-state index >= 15 is 0 Å². The summed E-state index contributed by atoms with van der Waals surface area (Å²) in [5.41, 5.74) is 6.79. The highest BCUT2D eigenvalue weighted by atomic mass is 79.9. The Labute approximate surface area is 94.1 Å². The smallest absolute Gasteiger partial charge is 0.0869 e. The summed E-state index contributed by atoms with van der Waals surface area (Å²) >= 11 is 4.99. The van der Waals surface area contributed by atoms with Crippen molar-refractivity contribution >= 4 is 42.4 Å². The van der Waals surface area contributed by atoms with Crippen LogP contribution in [0.25, 0.3) is 10.1 Å². The van der Waals surface area contributed by atoms with E-state index in [4.69, 9.17) is 11.0 Å². The predicted octanol–water partition coefficient (Wildman–Crippen LogP) is 3.31. The van der Waals surface area contributed by atoms with Crippen molar-refractivity contribution in [3.05, 3.63) is 28.2 Å². The minimum absolute atomic E-state index is 0.434. The summed E-state index contributed by atoms with van der Waals surface area (Å²) in [6.07, 6.45) is 0.434. The normalized spacial score (nSPS) is 10.3. The number of fused-ring (bicyclic) bond motifs is 1. The van der Waals surface area contributed by atoms with E-state index in [-0.39, 0.29) is 0 Å². The number of nitriles is 1. The fourth-order valence-corrected chi connectivity index (χ4v) is 2.93. The Hall–Kier alpha value is -1.05. The van der Waals surface area contributed by atoms with Gasteiger partial charge in [0.1, 0.15) is 0 Å². The molecule has 0 amide bonds. The molecule has 2 aromatic rings. The van der Waals surface area contributed by atoms with E-state index in [2.05, 4.69) is 22.0 Å². The van der Waals surface area contributed by atoms with Gasteiger partial charge < -0.3 is 5.73 Å². The van der Waals surface area contributed by atoms with Gasteiger partial charge in [0, 0.05) is 14.6 Å². The summed E-state index contributed by atoms with van der Waals surface area (Å²) in [5, 5.41) is 10.5. The van der Waals surface area contributed by atoms with Crippen LogP contribution in [0.5, 0.6) is 0 Å². The van der Waals surface area contributed by atoms with Gasteiger partial charge in [-0.25, -0.2) is 0 Å². The van der Waals surface area contributed by atoms with Crippen LogP contribution in [-0.4, -0.2) is 0 Å². The summed E-state index contributed by atoms with van der Waals surface area (Å²) in [5.74, 6) is 0. The fraction of sp³-hybridized carbons (Fsp3) is 0.100. The molecule has 0 bridgehead atoms. The quantitative estimate of drug-likeness (QED) is 0.861. The monoisotopic (exact) mass is 266 g/mol. The van der Waals surface area contributed by atoms with Crippen LogP contribution in [-0.2, 0) is 6.42 Å². The minimum atomic E-state index is 0.434. The number of hydrogen-bond acceptors (Lipinski definition) is 3. The first-order chi connectivity index (χ1) is 6.72. The number of halogens is 1. The zero-order valence-corrected chi connectivity index (χ0v) is 9.65. The van der Waals surface area contributed by atoms with Crippen molar-refractivity contribution in [3.8, 4) is 6.07 Å². The molecule has 1 aromatic heterocycles. The molecule has 2 N–H and O–H groups in total. The molecule has 2 nitrogen and oxygen atoms in total. The molecule has 0 aliphatic rings. The fourth-order valence-electron chi connectivity index (χ4n) is 1.39. The first-order valence-corrected chi connectivity index (χ1v) is 5.66. The molecule has 70 valence electrons. The number of thiophene rings is 1. The van der Waals surface area contributed by atoms with Gasteiger partial charge >= 0.3 is 0 Å². The van der Waals surface area contributed by atoms with Gasteiger partial charge in [-0.2, -0.15) is 5.26 Å². The van der Waals surface area contributed by atoms with E-state index in [0.29, 0.717) is 6.42 Å². The molecule has 0 aliphatic heterocycles. The lowest BCUT2D eigenvalue weighted by atomic mass is 10.1. The summed E-state index contributed by atoms with van der Waals surface area (Å²) in [7, 11) is 0. The van der Waals surface area contributed by atoms with Crippen molar-refractivity contribution in [2.24, 2.45) is 0 Å². The Kier molecular flexibility index (Phi) is 2.44. The highest BCUT2D eigenvalue weighted by Crippen LogP contribution is 2.35. The Morgan fingerprint density at radius 1 is 1.50 bits per heavy atom. The van der Waals surface area contributed by atoms with Gasteiger partial charge in [0.05, 0.1) is 17.5 Å². The van der Waals surface area contributed by atoms with Gasteiger partial charge in [-0.05, 0) is 17.7 Å². The molecule has 0 unspecified atom stereocenters. The minimum Gasteiger partial charge on any atom is -0.391 e. The van der Waals surface area contributed by atoms with Gasteiger partial charge in [-0.15, -0.1) is 11.3 Å². The molecule has 0 aliphatic carbocycles. The second kappa shape index (κ2) is 3.60. The van der Waals surface area contributed by atoms with Crippen molar-refractivity contribution in [3.63, 3.8) is 0 Å². The SMILES string of the molecule is N#CCc1ccc(Br)c2cc(N)sc12. The number of anilines is 1. The van der Waals surface area contributed by atoms with Crippen LogP contribution in [0.3, 0.4) is 0 Å². The maximum atomic E-state index is 8.67. The molecule has 14 heavy (non-hydrogen) atoms. The summed E-state index contributed by atoms with van der Waals surface area (Å²) in [4.78, 5) is 0. The van der Waals surface area contributed by atoms with Crippen molar-refractivity contribution in [2.75, 3.05) is 5.73 Å². The lowest BCUT2D eigenvalue weighted by Crippen LogP contribution is -1.81. The topological polar surface area (TPSA) is 49.8 Å². The lowest BCUT2D eigenvalue weighted by molar-refractivity contribution is 1.29. The molecule has 1 heterocycles. The summed E-state index contributed by atoms with van der Waals surface area (Å²) < 4.78 is 2.14. The standard InChI is InChI=1S/C10H7BrN2S/c11-8-2-1-6(3-4-12)10-7(8)5-9(13)14-10/h1-2,5H,3,13H2. The van der Waals surface area contributed by atoms with Crippen LogP contribution in [0.15, 0.2) is 22.7 Å². The Morgan fingerprint density at radius 3 is 3.00 bits per heavy atom. The first-order valence-electron chi connectivity index (χ1n) is 4.05. The van der Waals surface area contributed by atoms with Gasteiger partial charge in [0.2, 0.25) is 0 Å². The molecule has 0 atom stereocenters. The molecule has 2 rings (SSSR count). The molecule has 4 heteroatoms. The van der Waals surface area contributed by atoms with Crippen molar-refractivity contribution in [2.45, 2.75) is 6.42 Å². The maximum absolute atomic E-state index is 8.67. The van der Waals surface area contributed by atoms with E-state index in [1.165, 1.54) is 11.3 Å². The molecule has 0 fully saturated rings. The van der Waals surface area contributed by atoms with E-state index < -0.39 is 0 Å². The highest BCUT2D eigenvalue weighted by Gasteiger charge is 2.07. The van der Waals surface area contributed by atoms with Gasteiger partial charge in [0.25, 0.3) is 0 Å². The van der Waals surface area contributed by atoms with Crippen molar-refractivity contribution in [1.29, 1.82) is 5.26 Å². The average Bonchev–Trinajstić information content (AvgIpc) is 2.53. The van der Waals surface area contributed by atoms with Gasteiger partial charge in [-0.1, -0.05) is 22.0 Å². The Morgan fingerprint density at radius 2 is 2.29 bits per heavy atom. The average molecular weight is 267 g/mol. The van der Waals surface area contributed by atoms with E-state index in [0.717, 1.165) is 25.1 Å². The third-order valence-corrected chi connectivity index (χ3v) is 3.73. The van der Waals surface area contributed by atoms with Crippen LogP contribution in [0, 0.1) is 11.3 Å². The van der Waals surface area contributed by atoms with E-state index in [9.17, 15) is 0 Å². The van der Waals surface area contributed by atoms with E-state index in [1.807, 2.05) is 18.2 Å². The van der Waals surface area contributed by atoms with Crippen LogP contribution < -0.4 is 5.73 Å². The molecule has 0 spiro atoms. The number of benzene rings is 1. The van der Waals surface area contributed by atoms with Gasteiger partial charge in [0.15, 0.2) is 0 Å². The second-order valence-corrected chi connectivity index (χ2v) is 4.87. The number of nitrogens with two attached hydrogens (primary N) is 1. The van der Waals surface area contributed by atoms with Crippen molar-refractivity contribution in [1.82, 2.24) is 0 Å². The lowest BCUT2D eigenvalue weighted by Gasteiger charge is -1.98. The zero-order chi connectivity index (χ0) is 10.1. The van der Waals surface area contributed by atoms with Gasteiger partial charge in [-0.3, -0.25) is 0 Å². The highest BCUT2D eigenvalue weighted by molar-refractivity contribution is 9.10. The first kappa shape index (κ1) is 9.50. The number of hydrogen-bond donors (Lipinski definition) is 1. The number of nitrogens with zero attached hydrogens (tertiary/aromatic N) is 1. The van der Waals surface area contributed by atoms with E-state index in [1.54, 1.807) is 0 Å². The molecule has 1 aromatic carbocycles. The maximum Gasteiger partial charge on any atom is 0.0869 e. The molecular weight excluding hydrogens is 260 g/mol. The molecule has 0 radical (unpaired) electrons. The third-order valence-electron chi connectivity index (χ3n) is 2.00. The van der Waals surface area contributed by atoms with Crippen LogP contribution in [0.2, 0.25) is 0 Å². The second-order valence-electron chi connectivity index (χ2n) is 2.93. The Bertz CT molecular complexity index is 525. The molecule has 0 saturated heterocycles. The Balaban J connectivity index is 2.75. The summed E-state index contributed by atoms with van der Waals surface area (Å²) in [6.45, 7) is 0. The number of nitrogen functional groups attached to an aromatic ring is 1. The largest absolute Gasteiger partial charge is 0.391 e. The number of rotatable bonds is 1. The summed E-state index contributed by atoms with van der Waals surface area (Å²) in [6, 6.07) is 8.01. The zero-order valence-electron chi connectivity index (χ0n) is 7.25. The predicted molar refractivity (Wildman–Crippen MR) is 63.3 cm³/mol. The van der Waals surface area contributed by atoms with Crippen molar-refractivity contribution < 1.29 is 0 Å². The van der Waals surface area contributed by atoms with Crippen LogP contribution in [0.1, 0.15) is 5.56 Å². The van der Waals surface area contributed by atoms with Crippen LogP contribution >= 0.6 is 27.3 Å². The molecule has 0 saturated carbocycles. The molecular formula is C10H7BrN2S. The van der Waals surface area contributed by atoms with Crippen LogP contribution in [0.4, 0.5) is 5.00 Å². The third kappa shape index (κ3) is 1.49.